The third-order valence-corrected chi connectivity index (χ3v) is 4.65. The molecule has 1 fully saturated rings. The Kier molecular flexibility index (Phi) is 6.21. The van der Waals surface area contributed by atoms with Gasteiger partial charge in [0.25, 0.3) is 0 Å². The summed E-state index contributed by atoms with van der Waals surface area (Å²) in [4.78, 5) is 2.68. The highest BCUT2D eigenvalue weighted by molar-refractivity contribution is 9.09. The van der Waals surface area contributed by atoms with Crippen molar-refractivity contribution in [3.63, 3.8) is 0 Å². The Balaban J connectivity index is 2.36. The summed E-state index contributed by atoms with van der Waals surface area (Å²) in [7, 11) is 0. The van der Waals surface area contributed by atoms with Gasteiger partial charge >= 0.3 is 0 Å². The van der Waals surface area contributed by atoms with Crippen LogP contribution in [0.25, 0.3) is 0 Å². The van der Waals surface area contributed by atoms with E-state index in [1.807, 2.05) is 0 Å². The molecule has 0 radical (unpaired) electrons. The second-order valence-corrected chi connectivity index (χ2v) is 5.98. The van der Waals surface area contributed by atoms with Crippen molar-refractivity contribution in [2.45, 2.75) is 40.0 Å². The summed E-state index contributed by atoms with van der Waals surface area (Å²) in [6, 6.07) is 0. The lowest BCUT2D eigenvalue weighted by Gasteiger charge is -2.35. The molecule has 0 saturated carbocycles. The Bertz CT molecular complexity index is 170. The largest absolute Gasteiger partial charge is 0.303 e. The second-order valence-electron chi connectivity index (χ2n) is 5.33. The average Bonchev–Trinajstić information content (AvgIpc) is 2.25. The Morgan fingerprint density at radius 3 is 2.67 bits per heavy atom. The smallest absolute Gasteiger partial charge is 0.00743 e. The van der Waals surface area contributed by atoms with Crippen LogP contribution in [-0.2, 0) is 0 Å². The van der Waals surface area contributed by atoms with E-state index in [9.17, 15) is 0 Å². The Morgan fingerprint density at radius 2 is 2.13 bits per heavy atom. The molecule has 1 rings (SSSR count). The molecule has 2 heteroatoms. The van der Waals surface area contributed by atoms with E-state index in [-0.39, 0.29) is 0 Å². The van der Waals surface area contributed by atoms with Crippen LogP contribution in [0.5, 0.6) is 0 Å². The average molecular weight is 276 g/mol. The molecule has 1 heterocycles. The van der Waals surface area contributed by atoms with Gasteiger partial charge in [0.2, 0.25) is 0 Å². The molecule has 0 aromatic carbocycles. The zero-order valence-corrected chi connectivity index (χ0v) is 12.1. The van der Waals surface area contributed by atoms with Crippen molar-refractivity contribution in [3.05, 3.63) is 0 Å². The van der Waals surface area contributed by atoms with E-state index in [4.69, 9.17) is 0 Å². The van der Waals surface area contributed by atoms with Gasteiger partial charge in [-0.15, -0.1) is 0 Å². The van der Waals surface area contributed by atoms with Gasteiger partial charge in [-0.25, -0.2) is 0 Å². The van der Waals surface area contributed by atoms with E-state index < -0.39 is 0 Å². The predicted octanol–water partition coefficient (Wildman–Crippen LogP) is 3.78. The van der Waals surface area contributed by atoms with E-state index >= 15 is 0 Å². The van der Waals surface area contributed by atoms with Gasteiger partial charge in [-0.3, -0.25) is 0 Å². The van der Waals surface area contributed by atoms with Crippen LogP contribution in [0.3, 0.4) is 0 Å². The first kappa shape index (κ1) is 13.5. The number of likely N-dealkylation sites (tertiary alicyclic amines) is 1. The number of halogens is 1. The number of hydrogen-bond acceptors (Lipinski definition) is 1. The molecular weight excluding hydrogens is 250 g/mol. The first-order chi connectivity index (χ1) is 7.17. The third-order valence-electron chi connectivity index (χ3n) is 3.81. The standard InChI is InChI=1S/C13H26BrN/c1-4-12-6-5-7-15(9-12)10-13(8-14)11(2)3/h11-13H,4-10H2,1-3H3. The second kappa shape index (κ2) is 6.90. The maximum atomic E-state index is 3.65. The van der Waals surface area contributed by atoms with Crippen molar-refractivity contribution in [3.8, 4) is 0 Å². The van der Waals surface area contributed by atoms with Crippen molar-refractivity contribution in [2.24, 2.45) is 17.8 Å². The van der Waals surface area contributed by atoms with Crippen LogP contribution in [0.2, 0.25) is 0 Å². The maximum Gasteiger partial charge on any atom is 0.00743 e. The first-order valence-corrected chi connectivity index (χ1v) is 7.57. The predicted molar refractivity (Wildman–Crippen MR) is 71.6 cm³/mol. The Morgan fingerprint density at radius 1 is 1.40 bits per heavy atom. The summed E-state index contributed by atoms with van der Waals surface area (Å²) in [5.41, 5.74) is 0. The summed E-state index contributed by atoms with van der Waals surface area (Å²) in [6.07, 6.45) is 4.22. The highest BCUT2D eigenvalue weighted by Crippen LogP contribution is 2.22. The van der Waals surface area contributed by atoms with Gasteiger partial charge in [-0.1, -0.05) is 43.1 Å². The van der Waals surface area contributed by atoms with E-state index in [0.717, 1.165) is 23.1 Å². The fourth-order valence-electron chi connectivity index (χ4n) is 2.42. The molecule has 15 heavy (non-hydrogen) atoms. The molecule has 1 saturated heterocycles. The van der Waals surface area contributed by atoms with Crippen molar-refractivity contribution in [1.29, 1.82) is 0 Å². The molecule has 1 aliphatic heterocycles. The van der Waals surface area contributed by atoms with E-state index in [2.05, 4.69) is 41.6 Å². The van der Waals surface area contributed by atoms with Crippen molar-refractivity contribution >= 4 is 15.9 Å². The molecule has 90 valence electrons. The van der Waals surface area contributed by atoms with Crippen LogP contribution >= 0.6 is 15.9 Å². The summed E-state index contributed by atoms with van der Waals surface area (Å²) >= 11 is 3.65. The molecule has 0 N–H and O–H groups in total. The van der Waals surface area contributed by atoms with Crippen LogP contribution in [-0.4, -0.2) is 29.9 Å². The minimum atomic E-state index is 0.798. The highest BCUT2D eigenvalue weighted by atomic mass is 79.9. The topological polar surface area (TPSA) is 3.24 Å². The monoisotopic (exact) mass is 275 g/mol. The molecule has 0 aliphatic carbocycles. The van der Waals surface area contributed by atoms with Crippen molar-refractivity contribution in [2.75, 3.05) is 25.0 Å². The summed E-state index contributed by atoms with van der Waals surface area (Å²) in [5.74, 6) is 2.58. The number of alkyl halides is 1. The molecule has 0 amide bonds. The van der Waals surface area contributed by atoms with Gasteiger partial charge in [0.15, 0.2) is 0 Å². The van der Waals surface area contributed by atoms with Crippen molar-refractivity contribution in [1.82, 2.24) is 4.90 Å². The molecule has 1 aliphatic rings. The summed E-state index contributed by atoms with van der Waals surface area (Å²) in [6.45, 7) is 11.0. The maximum absolute atomic E-state index is 3.65. The zero-order valence-electron chi connectivity index (χ0n) is 10.5. The number of hydrogen-bond donors (Lipinski definition) is 0. The Labute approximate surface area is 104 Å². The molecule has 0 spiro atoms. The quantitative estimate of drug-likeness (QED) is 0.691. The van der Waals surface area contributed by atoms with Gasteiger partial charge in [0.1, 0.15) is 0 Å². The SMILES string of the molecule is CCC1CCCN(CC(CBr)C(C)C)C1. The lowest BCUT2D eigenvalue weighted by molar-refractivity contribution is 0.142. The van der Waals surface area contributed by atoms with E-state index in [1.54, 1.807) is 0 Å². The van der Waals surface area contributed by atoms with Gasteiger partial charge in [0, 0.05) is 18.4 Å². The normalized spacial score (nSPS) is 25.8. The first-order valence-electron chi connectivity index (χ1n) is 6.45. The molecule has 2 unspecified atom stereocenters. The fraction of sp³-hybridized carbons (Fsp3) is 1.00. The van der Waals surface area contributed by atoms with Crippen molar-refractivity contribution < 1.29 is 0 Å². The number of nitrogens with zero attached hydrogens (tertiary/aromatic N) is 1. The molecule has 0 bridgehead atoms. The van der Waals surface area contributed by atoms with Crippen LogP contribution in [0, 0.1) is 17.8 Å². The van der Waals surface area contributed by atoms with Crippen LogP contribution in [0.1, 0.15) is 40.0 Å². The lowest BCUT2D eigenvalue weighted by Crippen LogP contribution is -2.39. The molecule has 2 atom stereocenters. The van der Waals surface area contributed by atoms with Gasteiger partial charge in [-0.05, 0) is 37.1 Å². The number of piperidine rings is 1. The number of rotatable bonds is 5. The minimum absolute atomic E-state index is 0.798. The molecular formula is C13H26BrN. The van der Waals surface area contributed by atoms with Crippen LogP contribution < -0.4 is 0 Å². The fourth-order valence-corrected chi connectivity index (χ4v) is 3.37. The third kappa shape index (κ3) is 4.44. The summed E-state index contributed by atoms with van der Waals surface area (Å²) in [5, 5.41) is 1.15. The van der Waals surface area contributed by atoms with Crippen LogP contribution in [0.15, 0.2) is 0 Å². The van der Waals surface area contributed by atoms with E-state index in [0.29, 0.717) is 0 Å². The van der Waals surface area contributed by atoms with Crippen LogP contribution in [0.4, 0.5) is 0 Å². The Hall–Kier alpha value is 0.440. The molecule has 1 nitrogen and oxygen atoms in total. The molecule has 0 aromatic rings. The van der Waals surface area contributed by atoms with Gasteiger partial charge in [0.05, 0.1) is 0 Å². The molecule has 0 aromatic heterocycles. The highest BCUT2D eigenvalue weighted by Gasteiger charge is 2.22. The lowest BCUT2D eigenvalue weighted by atomic mass is 9.92. The van der Waals surface area contributed by atoms with Gasteiger partial charge in [-0.2, -0.15) is 0 Å². The summed E-state index contributed by atoms with van der Waals surface area (Å²) < 4.78 is 0. The van der Waals surface area contributed by atoms with Gasteiger partial charge < -0.3 is 4.90 Å². The minimum Gasteiger partial charge on any atom is -0.303 e. The zero-order chi connectivity index (χ0) is 11.3. The van der Waals surface area contributed by atoms with E-state index in [1.165, 1.54) is 38.9 Å².